The molecule has 21 heavy (non-hydrogen) atoms. The molecule has 1 heterocycles. The second kappa shape index (κ2) is 9.37. The van der Waals surface area contributed by atoms with Gasteiger partial charge in [-0.15, -0.1) is 0 Å². The fraction of sp³-hybridized carbons (Fsp3) is 0.667. The lowest BCUT2D eigenvalue weighted by Crippen LogP contribution is -2.22. The molecule has 0 saturated carbocycles. The van der Waals surface area contributed by atoms with E-state index in [1.807, 2.05) is 11.8 Å². The molecule has 0 radical (unpaired) electrons. The van der Waals surface area contributed by atoms with Crippen molar-refractivity contribution in [3.05, 3.63) is 29.3 Å². The van der Waals surface area contributed by atoms with Crippen LogP contribution in [0.25, 0.3) is 0 Å². The van der Waals surface area contributed by atoms with Crippen LogP contribution in [0.2, 0.25) is 0 Å². The Balaban J connectivity index is 1.80. The van der Waals surface area contributed by atoms with E-state index in [0.717, 1.165) is 25.3 Å². The zero-order chi connectivity index (χ0) is 14.9. The van der Waals surface area contributed by atoms with Gasteiger partial charge in [-0.05, 0) is 56.7 Å². The van der Waals surface area contributed by atoms with Gasteiger partial charge < -0.3 is 10.1 Å². The molecule has 3 heteroatoms. The van der Waals surface area contributed by atoms with Crippen molar-refractivity contribution in [3.63, 3.8) is 0 Å². The predicted octanol–water partition coefficient (Wildman–Crippen LogP) is 4.72. The van der Waals surface area contributed by atoms with E-state index >= 15 is 0 Å². The Hall–Kier alpha value is -0.670. The van der Waals surface area contributed by atoms with Gasteiger partial charge in [-0.2, -0.15) is 11.8 Å². The van der Waals surface area contributed by atoms with Crippen LogP contribution in [0.4, 0.5) is 0 Å². The molecule has 2 rings (SSSR count). The summed E-state index contributed by atoms with van der Waals surface area (Å²) < 4.78 is 5.94. The Labute approximate surface area is 134 Å². The minimum absolute atomic E-state index is 0.466. The van der Waals surface area contributed by atoms with Crippen LogP contribution in [-0.4, -0.2) is 25.2 Å². The van der Waals surface area contributed by atoms with Crippen LogP contribution in [0.15, 0.2) is 18.2 Å². The van der Waals surface area contributed by atoms with E-state index in [0.29, 0.717) is 6.04 Å². The summed E-state index contributed by atoms with van der Waals surface area (Å²) >= 11 is 1.95. The SMILES string of the molecule is CSCCCCCCNC1CCCOc2c(C)cccc21. The topological polar surface area (TPSA) is 21.3 Å². The molecule has 1 aromatic rings. The van der Waals surface area contributed by atoms with Crippen molar-refractivity contribution in [2.24, 2.45) is 0 Å². The number of ether oxygens (including phenoxy) is 1. The van der Waals surface area contributed by atoms with E-state index in [9.17, 15) is 0 Å². The van der Waals surface area contributed by atoms with Crippen molar-refractivity contribution in [2.75, 3.05) is 25.2 Å². The zero-order valence-electron chi connectivity index (χ0n) is 13.5. The van der Waals surface area contributed by atoms with Gasteiger partial charge in [-0.1, -0.05) is 31.0 Å². The standard InChI is InChI=1S/C18H29NOS/c1-15-9-7-10-16-17(11-8-13-20-18(15)16)19-12-5-3-4-6-14-21-2/h7,9-10,17,19H,3-6,8,11-14H2,1-2H3. The van der Waals surface area contributed by atoms with Crippen LogP contribution in [0.3, 0.4) is 0 Å². The van der Waals surface area contributed by atoms with Crippen LogP contribution in [-0.2, 0) is 0 Å². The van der Waals surface area contributed by atoms with Gasteiger partial charge in [0.2, 0.25) is 0 Å². The first-order valence-corrected chi connectivity index (χ1v) is 9.67. The predicted molar refractivity (Wildman–Crippen MR) is 93.5 cm³/mol. The zero-order valence-corrected chi connectivity index (χ0v) is 14.3. The number of unbranched alkanes of at least 4 members (excludes halogenated alkanes) is 3. The minimum Gasteiger partial charge on any atom is -0.493 e. The second-order valence-electron chi connectivity index (χ2n) is 5.90. The molecule has 1 atom stereocenters. The molecule has 0 aliphatic carbocycles. The molecule has 1 N–H and O–H groups in total. The van der Waals surface area contributed by atoms with E-state index < -0.39 is 0 Å². The number of hydrogen-bond donors (Lipinski definition) is 1. The van der Waals surface area contributed by atoms with Gasteiger partial charge in [0.05, 0.1) is 6.61 Å². The van der Waals surface area contributed by atoms with Crippen molar-refractivity contribution in [2.45, 2.75) is 51.5 Å². The first-order chi connectivity index (χ1) is 10.3. The number of rotatable bonds is 8. The number of fused-ring (bicyclic) bond motifs is 1. The number of hydrogen-bond acceptors (Lipinski definition) is 3. The van der Waals surface area contributed by atoms with Gasteiger partial charge in [0, 0.05) is 11.6 Å². The Morgan fingerprint density at radius 3 is 2.95 bits per heavy atom. The second-order valence-corrected chi connectivity index (χ2v) is 6.88. The lowest BCUT2D eigenvalue weighted by atomic mass is 9.99. The number of nitrogens with one attached hydrogen (secondary N) is 1. The summed E-state index contributed by atoms with van der Waals surface area (Å²) in [6.45, 7) is 4.12. The molecule has 1 aromatic carbocycles. The van der Waals surface area contributed by atoms with Gasteiger partial charge in [0.1, 0.15) is 5.75 Å². The van der Waals surface area contributed by atoms with Crippen LogP contribution in [0, 0.1) is 6.92 Å². The third kappa shape index (κ3) is 5.23. The molecule has 1 unspecified atom stereocenters. The molecule has 1 aliphatic rings. The van der Waals surface area contributed by atoms with Crippen LogP contribution in [0.1, 0.15) is 55.7 Å². The van der Waals surface area contributed by atoms with Crippen molar-refractivity contribution in [3.8, 4) is 5.75 Å². The summed E-state index contributed by atoms with van der Waals surface area (Å²) in [6.07, 6.45) is 9.87. The molecular formula is C18H29NOS. The highest BCUT2D eigenvalue weighted by Crippen LogP contribution is 2.33. The van der Waals surface area contributed by atoms with Crippen LogP contribution >= 0.6 is 11.8 Å². The Morgan fingerprint density at radius 1 is 1.24 bits per heavy atom. The number of aryl methyl sites for hydroxylation is 1. The number of para-hydroxylation sites is 1. The largest absolute Gasteiger partial charge is 0.493 e. The number of benzene rings is 1. The molecule has 118 valence electrons. The van der Waals surface area contributed by atoms with Crippen LogP contribution < -0.4 is 10.1 Å². The third-order valence-corrected chi connectivity index (χ3v) is 4.86. The first-order valence-electron chi connectivity index (χ1n) is 8.27. The lowest BCUT2D eigenvalue weighted by molar-refractivity contribution is 0.313. The summed E-state index contributed by atoms with van der Waals surface area (Å²) in [4.78, 5) is 0. The average Bonchev–Trinajstić information content (AvgIpc) is 2.70. The van der Waals surface area contributed by atoms with E-state index in [4.69, 9.17) is 4.74 Å². The summed E-state index contributed by atoms with van der Waals surface area (Å²) in [5.74, 6) is 2.42. The Bertz CT molecular complexity index is 422. The minimum atomic E-state index is 0.466. The summed E-state index contributed by atoms with van der Waals surface area (Å²) in [5.41, 5.74) is 2.62. The van der Waals surface area contributed by atoms with E-state index in [1.165, 1.54) is 49.0 Å². The van der Waals surface area contributed by atoms with Gasteiger partial charge in [0.25, 0.3) is 0 Å². The maximum absolute atomic E-state index is 5.94. The molecule has 0 fully saturated rings. The third-order valence-electron chi connectivity index (χ3n) is 4.17. The molecule has 1 aliphatic heterocycles. The van der Waals surface area contributed by atoms with Crippen molar-refractivity contribution >= 4 is 11.8 Å². The summed E-state index contributed by atoms with van der Waals surface area (Å²) in [5, 5.41) is 3.75. The van der Waals surface area contributed by atoms with Gasteiger partial charge >= 0.3 is 0 Å². The summed E-state index contributed by atoms with van der Waals surface area (Å²) in [6, 6.07) is 6.99. The molecule has 0 bridgehead atoms. The maximum atomic E-state index is 5.94. The number of thioether (sulfide) groups is 1. The van der Waals surface area contributed by atoms with E-state index in [-0.39, 0.29) is 0 Å². The Kier molecular flexibility index (Phi) is 7.45. The maximum Gasteiger partial charge on any atom is 0.126 e. The van der Waals surface area contributed by atoms with Gasteiger partial charge in [-0.25, -0.2) is 0 Å². The molecular weight excluding hydrogens is 278 g/mol. The molecule has 0 aromatic heterocycles. The van der Waals surface area contributed by atoms with Crippen molar-refractivity contribution in [1.82, 2.24) is 5.32 Å². The van der Waals surface area contributed by atoms with Crippen molar-refractivity contribution in [1.29, 1.82) is 0 Å². The highest BCUT2D eigenvalue weighted by Gasteiger charge is 2.20. The fourth-order valence-corrected chi connectivity index (χ4v) is 3.47. The molecule has 2 nitrogen and oxygen atoms in total. The monoisotopic (exact) mass is 307 g/mol. The highest BCUT2D eigenvalue weighted by molar-refractivity contribution is 7.98. The molecule has 0 spiro atoms. The lowest BCUT2D eigenvalue weighted by Gasteiger charge is -2.19. The quantitative estimate of drug-likeness (QED) is 0.702. The normalized spacial score (nSPS) is 17.9. The van der Waals surface area contributed by atoms with E-state index in [2.05, 4.69) is 36.7 Å². The van der Waals surface area contributed by atoms with Gasteiger partial charge in [0.15, 0.2) is 0 Å². The van der Waals surface area contributed by atoms with Gasteiger partial charge in [-0.3, -0.25) is 0 Å². The van der Waals surface area contributed by atoms with E-state index in [1.54, 1.807) is 0 Å². The Morgan fingerprint density at radius 2 is 2.10 bits per heavy atom. The molecule has 0 amide bonds. The fourth-order valence-electron chi connectivity index (χ4n) is 2.98. The smallest absolute Gasteiger partial charge is 0.126 e. The summed E-state index contributed by atoms with van der Waals surface area (Å²) in [7, 11) is 0. The first kappa shape index (κ1) is 16.7. The van der Waals surface area contributed by atoms with Crippen molar-refractivity contribution < 1.29 is 4.74 Å². The molecule has 0 saturated heterocycles. The van der Waals surface area contributed by atoms with Crippen LogP contribution in [0.5, 0.6) is 5.75 Å². The average molecular weight is 308 g/mol. The highest BCUT2D eigenvalue weighted by atomic mass is 32.2.